The van der Waals surface area contributed by atoms with Crippen LogP contribution >= 0.6 is 0 Å². The maximum Gasteiger partial charge on any atom is 0.295 e. The molecule has 0 saturated carbocycles. The summed E-state index contributed by atoms with van der Waals surface area (Å²) in [6.07, 6.45) is 0. The molecule has 32 heavy (non-hydrogen) atoms. The highest BCUT2D eigenvalue weighted by Gasteiger charge is 2.19. The summed E-state index contributed by atoms with van der Waals surface area (Å²) in [5.74, 6) is -0.217. The minimum Gasteiger partial charge on any atom is -0.322 e. The van der Waals surface area contributed by atoms with Gasteiger partial charge in [-0.2, -0.15) is 13.2 Å². The first-order chi connectivity index (χ1) is 15.4. The third-order valence-electron chi connectivity index (χ3n) is 5.03. The van der Waals surface area contributed by atoms with E-state index >= 15 is 0 Å². The molecule has 1 amide bonds. The van der Waals surface area contributed by atoms with Crippen molar-refractivity contribution in [3.63, 3.8) is 0 Å². The highest BCUT2D eigenvalue weighted by Crippen LogP contribution is 2.30. The van der Waals surface area contributed by atoms with Crippen molar-refractivity contribution in [1.29, 1.82) is 0 Å². The number of rotatable bonds is 4. The minimum absolute atomic E-state index is 0.216. The Balaban J connectivity index is 1.51. The van der Waals surface area contributed by atoms with E-state index in [0.717, 1.165) is 0 Å². The van der Waals surface area contributed by atoms with Crippen molar-refractivity contribution in [1.82, 2.24) is 15.0 Å². The first-order valence-corrected chi connectivity index (χ1v) is 11.1. The van der Waals surface area contributed by atoms with Crippen LogP contribution in [0.5, 0.6) is 0 Å². The molecule has 5 aromatic rings. The molecule has 0 saturated heterocycles. The van der Waals surface area contributed by atoms with Crippen LogP contribution in [0.15, 0.2) is 89.8 Å². The molecule has 0 unspecified atom stereocenters. The lowest BCUT2D eigenvalue weighted by atomic mass is 10.1. The van der Waals surface area contributed by atoms with Crippen LogP contribution in [-0.2, 0) is 10.1 Å². The van der Waals surface area contributed by atoms with Gasteiger partial charge in [0.1, 0.15) is 15.9 Å². The van der Waals surface area contributed by atoms with Crippen molar-refractivity contribution in [3.05, 3.63) is 90.5 Å². The van der Waals surface area contributed by atoms with Gasteiger partial charge in [0.2, 0.25) is 0 Å². The molecule has 158 valence electrons. The zero-order chi connectivity index (χ0) is 22.3. The Morgan fingerprint density at radius 3 is 2.19 bits per heavy atom. The van der Waals surface area contributed by atoms with E-state index in [1.54, 1.807) is 72.8 Å². The molecule has 4 aromatic carbocycles. The van der Waals surface area contributed by atoms with Crippen LogP contribution in [0.1, 0.15) is 10.4 Å². The van der Waals surface area contributed by atoms with E-state index in [-0.39, 0.29) is 10.8 Å². The van der Waals surface area contributed by atoms with Crippen LogP contribution < -0.4 is 5.32 Å². The molecule has 1 heterocycles. The van der Waals surface area contributed by atoms with Gasteiger partial charge < -0.3 is 5.32 Å². The number of nitrogens with one attached hydrogen (secondary N) is 1. The lowest BCUT2D eigenvalue weighted by molar-refractivity contribution is 0.102. The maximum atomic E-state index is 12.3. The molecule has 9 heteroatoms. The van der Waals surface area contributed by atoms with Crippen LogP contribution in [0.25, 0.3) is 27.5 Å². The smallest absolute Gasteiger partial charge is 0.295 e. The third-order valence-corrected chi connectivity index (χ3v) is 5.92. The Morgan fingerprint density at radius 2 is 1.50 bits per heavy atom. The molecule has 0 fully saturated rings. The van der Waals surface area contributed by atoms with Gasteiger partial charge in [0.25, 0.3) is 16.0 Å². The van der Waals surface area contributed by atoms with E-state index in [9.17, 15) is 17.8 Å². The first kappa shape index (κ1) is 19.9. The van der Waals surface area contributed by atoms with Crippen LogP contribution in [0.2, 0.25) is 0 Å². The van der Waals surface area contributed by atoms with Gasteiger partial charge in [-0.25, -0.2) is 0 Å². The zero-order valence-corrected chi connectivity index (χ0v) is 17.3. The number of carbonyl (C=O) groups is 1. The van der Waals surface area contributed by atoms with Gasteiger partial charge in [0, 0.05) is 22.0 Å². The number of amides is 1. The van der Waals surface area contributed by atoms with E-state index < -0.39 is 10.1 Å². The van der Waals surface area contributed by atoms with E-state index in [1.807, 2.05) is 6.07 Å². The summed E-state index contributed by atoms with van der Waals surface area (Å²) in [4.78, 5) is 13.5. The van der Waals surface area contributed by atoms with Crippen LogP contribution in [0, 0.1) is 0 Å². The number of carbonyl (C=O) groups excluding carboxylic acids is 1. The lowest BCUT2D eigenvalue weighted by Gasteiger charge is -2.06. The molecular formula is C23H16N4O4S. The van der Waals surface area contributed by atoms with Gasteiger partial charge in [-0.15, -0.1) is 10.2 Å². The molecule has 2 N–H and O–H groups in total. The molecule has 5 rings (SSSR count). The Hall–Kier alpha value is -4.08. The summed E-state index contributed by atoms with van der Waals surface area (Å²) >= 11 is 0. The monoisotopic (exact) mass is 444 g/mol. The topological polar surface area (TPSA) is 114 Å². The Labute approximate surface area is 182 Å². The second-order valence-corrected chi connectivity index (χ2v) is 8.51. The maximum absolute atomic E-state index is 12.3. The molecule has 0 radical (unpaired) electrons. The zero-order valence-electron chi connectivity index (χ0n) is 16.5. The minimum atomic E-state index is -4.43. The Morgan fingerprint density at radius 1 is 0.844 bits per heavy atom. The number of hydrogen-bond acceptors (Lipinski definition) is 5. The summed E-state index contributed by atoms with van der Waals surface area (Å²) in [7, 11) is -4.43. The van der Waals surface area contributed by atoms with E-state index in [4.69, 9.17) is 0 Å². The SMILES string of the molecule is O=C(Nc1ccc(-n2nc3cc(S(=O)(=O)O)c4ccccc4c3n2)cc1)c1ccccc1. The summed E-state index contributed by atoms with van der Waals surface area (Å²) in [5.41, 5.74) is 2.63. The van der Waals surface area contributed by atoms with Crippen LogP contribution in [0.3, 0.4) is 0 Å². The molecule has 0 spiro atoms. The lowest BCUT2D eigenvalue weighted by Crippen LogP contribution is -2.11. The molecular weight excluding hydrogens is 428 g/mol. The van der Waals surface area contributed by atoms with Crippen molar-refractivity contribution < 1.29 is 17.8 Å². The van der Waals surface area contributed by atoms with Crippen molar-refractivity contribution in [2.45, 2.75) is 4.90 Å². The number of hydrogen-bond donors (Lipinski definition) is 2. The second-order valence-electron chi connectivity index (χ2n) is 7.12. The van der Waals surface area contributed by atoms with Gasteiger partial charge >= 0.3 is 0 Å². The molecule has 0 atom stereocenters. The van der Waals surface area contributed by atoms with Gasteiger partial charge in [0.15, 0.2) is 0 Å². The predicted octanol–water partition coefficient (Wildman–Crippen LogP) is 4.07. The fraction of sp³-hybridized carbons (Fsp3) is 0. The van der Waals surface area contributed by atoms with Gasteiger partial charge in [-0.1, -0.05) is 42.5 Å². The molecule has 0 aliphatic carbocycles. The van der Waals surface area contributed by atoms with Gasteiger partial charge in [-0.05, 0) is 42.5 Å². The van der Waals surface area contributed by atoms with E-state index in [0.29, 0.717) is 38.7 Å². The summed E-state index contributed by atoms with van der Waals surface area (Å²) in [6.45, 7) is 0. The number of benzene rings is 4. The standard InChI is InChI=1S/C23H16N4O4S/c28-23(15-6-2-1-3-7-15)24-16-10-12-17(13-11-16)27-25-20-14-21(32(29,30)31)18-8-4-5-9-19(18)22(20)26-27/h1-14H,(H,24,28)(H,29,30,31). The number of anilines is 1. The Kier molecular flexibility index (Phi) is 4.69. The van der Waals surface area contributed by atoms with E-state index in [1.165, 1.54) is 10.9 Å². The highest BCUT2D eigenvalue weighted by atomic mass is 32.2. The average molecular weight is 444 g/mol. The number of nitrogens with zero attached hydrogens (tertiary/aromatic N) is 3. The number of aromatic nitrogens is 3. The molecule has 0 aliphatic rings. The number of fused-ring (bicyclic) bond motifs is 3. The third kappa shape index (κ3) is 3.59. The van der Waals surface area contributed by atoms with Crippen LogP contribution in [0.4, 0.5) is 5.69 Å². The fourth-order valence-electron chi connectivity index (χ4n) is 3.51. The van der Waals surface area contributed by atoms with Crippen LogP contribution in [-0.4, -0.2) is 33.9 Å². The molecule has 1 aromatic heterocycles. The van der Waals surface area contributed by atoms with Crippen molar-refractivity contribution in [2.24, 2.45) is 0 Å². The summed E-state index contributed by atoms with van der Waals surface area (Å²) in [5, 5.41) is 12.7. The quantitative estimate of drug-likeness (QED) is 0.404. The van der Waals surface area contributed by atoms with Gasteiger partial charge in [0.05, 0.1) is 5.69 Å². The van der Waals surface area contributed by atoms with Crippen molar-refractivity contribution in [2.75, 3.05) is 5.32 Å². The predicted molar refractivity (Wildman–Crippen MR) is 121 cm³/mol. The molecule has 8 nitrogen and oxygen atoms in total. The fourth-order valence-corrected chi connectivity index (χ4v) is 4.23. The molecule has 0 bridgehead atoms. The average Bonchev–Trinajstić information content (AvgIpc) is 3.23. The summed E-state index contributed by atoms with van der Waals surface area (Å²) < 4.78 is 33.4. The van der Waals surface area contributed by atoms with Crippen molar-refractivity contribution >= 4 is 43.5 Å². The highest BCUT2D eigenvalue weighted by molar-refractivity contribution is 7.86. The summed E-state index contributed by atoms with van der Waals surface area (Å²) in [6, 6.07) is 23.9. The largest absolute Gasteiger partial charge is 0.322 e. The first-order valence-electron chi connectivity index (χ1n) is 9.63. The normalized spacial score (nSPS) is 11.7. The molecule has 0 aliphatic heterocycles. The van der Waals surface area contributed by atoms with Crippen molar-refractivity contribution in [3.8, 4) is 5.69 Å². The Bertz CT molecular complexity index is 1580. The van der Waals surface area contributed by atoms with Gasteiger partial charge in [-0.3, -0.25) is 9.35 Å². The van der Waals surface area contributed by atoms with E-state index in [2.05, 4.69) is 15.5 Å². The second kappa shape index (κ2) is 7.56.